The minimum atomic E-state index is -0.354. The van der Waals surface area contributed by atoms with E-state index in [-0.39, 0.29) is 6.10 Å². The van der Waals surface area contributed by atoms with Gasteiger partial charge in [0.25, 0.3) is 0 Å². The van der Waals surface area contributed by atoms with E-state index in [0.29, 0.717) is 18.6 Å². The van der Waals surface area contributed by atoms with E-state index in [4.69, 9.17) is 5.73 Å². The summed E-state index contributed by atoms with van der Waals surface area (Å²) < 4.78 is 0. The summed E-state index contributed by atoms with van der Waals surface area (Å²) in [5.41, 5.74) is 5.36. The van der Waals surface area contributed by atoms with Crippen LogP contribution in [0.2, 0.25) is 0 Å². The Morgan fingerprint density at radius 1 is 1.42 bits per heavy atom. The number of aliphatic hydroxyl groups excluding tert-OH is 1. The Bertz CT molecular complexity index is 130. The van der Waals surface area contributed by atoms with Crippen LogP contribution >= 0.6 is 0 Å². The molecule has 0 bridgehead atoms. The SMILES string of the molecule is CC1CCC(C)N1CC(O)CN. The first-order chi connectivity index (χ1) is 5.65. The predicted molar refractivity (Wildman–Crippen MR) is 49.9 cm³/mol. The average Bonchev–Trinajstić information content (AvgIpc) is 2.35. The Balaban J connectivity index is 2.38. The van der Waals surface area contributed by atoms with Gasteiger partial charge in [-0.25, -0.2) is 0 Å². The van der Waals surface area contributed by atoms with Gasteiger partial charge in [0, 0.05) is 25.2 Å². The number of aliphatic hydroxyl groups is 1. The Kier molecular flexibility index (Phi) is 3.50. The second-order valence-corrected chi connectivity index (χ2v) is 3.86. The molecule has 3 atom stereocenters. The molecular formula is C9H20N2O. The Morgan fingerprint density at radius 2 is 1.92 bits per heavy atom. The van der Waals surface area contributed by atoms with E-state index in [1.165, 1.54) is 12.8 Å². The molecule has 3 N–H and O–H groups in total. The third kappa shape index (κ3) is 2.19. The molecule has 0 radical (unpaired) electrons. The standard InChI is InChI=1S/C9H20N2O/c1-7-3-4-8(2)11(7)6-9(12)5-10/h7-9,12H,3-6,10H2,1-2H3. The summed E-state index contributed by atoms with van der Waals surface area (Å²) in [5.74, 6) is 0. The Morgan fingerprint density at radius 3 is 2.33 bits per heavy atom. The highest BCUT2D eigenvalue weighted by atomic mass is 16.3. The molecule has 0 aromatic rings. The van der Waals surface area contributed by atoms with Crippen LogP contribution in [0, 0.1) is 0 Å². The van der Waals surface area contributed by atoms with Crippen molar-refractivity contribution < 1.29 is 5.11 Å². The Hall–Kier alpha value is -0.120. The van der Waals surface area contributed by atoms with E-state index in [2.05, 4.69) is 18.7 Å². The van der Waals surface area contributed by atoms with Crippen molar-refractivity contribution in [3.63, 3.8) is 0 Å². The first kappa shape index (κ1) is 9.96. The number of nitrogens with zero attached hydrogens (tertiary/aromatic N) is 1. The number of likely N-dealkylation sites (tertiary alicyclic amines) is 1. The molecule has 1 aliphatic rings. The van der Waals surface area contributed by atoms with Gasteiger partial charge < -0.3 is 10.8 Å². The van der Waals surface area contributed by atoms with Gasteiger partial charge in [0.05, 0.1) is 6.10 Å². The fraction of sp³-hybridized carbons (Fsp3) is 1.00. The molecule has 3 heteroatoms. The average molecular weight is 172 g/mol. The number of hydrogen-bond acceptors (Lipinski definition) is 3. The first-order valence-corrected chi connectivity index (χ1v) is 4.79. The van der Waals surface area contributed by atoms with Crippen LogP contribution in [0.3, 0.4) is 0 Å². The topological polar surface area (TPSA) is 49.5 Å². The lowest BCUT2D eigenvalue weighted by molar-refractivity contribution is 0.0965. The summed E-state index contributed by atoms with van der Waals surface area (Å²) in [7, 11) is 0. The number of rotatable bonds is 3. The van der Waals surface area contributed by atoms with E-state index in [0.717, 1.165) is 6.54 Å². The van der Waals surface area contributed by atoms with Gasteiger partial charge in [-0.2, -0.15) is 0 Å². The minimum Gasteiger partial charge on any atom is -0.390 e. The summed E-state index contributed by atoms with van der Waals surface area (Å²) in [4.78, 5) is 2.34. The molecule has 3 nitrogen and oxygen atoms in total. The van der Waals surface area contributed by atoms with Crippen LogP contribution < -0.4 is 5.73 Å². The van der Waals surface area contributed by atoms with Crippen molar-refractivity contribution in [2.45, 2.75) is 44.9 Å². The molecule has 1 aliphatic heterocycles. The van der Waals surface area contributed by atoms with Crippen LogP contribution in [-0.4, -0.2) is 41.3 Å². The lowest BCUT2D eigenvalue weighted by Crippen LogP contribution is -2.41. The second kappa shape index (κ2) is 4.21. The minimum absolute atomic E-state index is 0.354. The molecule has 0 amide bonds. The maximum absolute atomic E-state index is 9.39. The van der Waals surface area contributed by atoms with Crippen molar-refractivity contribution in [3.05, 3.63) is 0 Å². The molecule has 1 heterocycles. The third-order valence-corrected chi connectivity index (χ3v) is 2.83. The highest BCUT2D eigenvalue weighted by Crippen LogP contribution is 2.22. The zero-order chi connectivity index (χ0) is 9.14. The molecule has 1 rings (SSSR count). The maximum atomic E-state index is 9.39. The molecule has 0 aliphatic carbocycles. The van der Waals surface area contributed by atoms with Gasteiger partial charge in [0.2, 0.25) is 0 Å². The van der Waals surface area contributed by atoms with Crippen molar-refractivity contribution in [2.24, 2.45) is 5.73 Å². The number of β-amino-alcohol motifs (C(OH)–C–C–N with tert-alkyl or cyclic N) is 1. The fourth-order valence-electron chi connectivity index (χ4n) is 1.93. The van der Waals surface area contributed by atoms with Crippen molar-refractivity contribution in [2.75, 3.05) is 13.1 Å². The van der Waals surface area contributed by atoms with E-state index < -0.39 is 0 Å². The third-order valence-electron chi connectivity index (χ3n) is 2.83. The van der Waals surface area contributed by atoms with Gasteiger partial charge in [0.1, 0.15) is 0 Å². The second-order valence-electron chi connectivity index (χ2n) is 3.86. The summed E-state index contributed by atoms with van der Waals surface area (Å²) >= 11 is 0. The van der Waals surface area contributed by atoms with Gasteiger partial charge in [-0.3, -0.25) is 4.90 Å². The van der Waals surface area contributed by atoms with Crippen LogP contribution in [0.25, 0.3) is 0 Å². The zero-order valence-electron chi connectivity index (χ0n) is 8.03. The molecule has 1 fully saturated rings. The van der Waals surface area contributed by atoms with Gasteiger partial charge in [-0.05, 0) is 26.7 Å². The molecule has 12 heavy (non-hydrogen) atoms. The molecule has 0 spiro atoms. The van der Waals surface area contributed by atoms with Crippen LogP contribution in [0.1, 0.15) is 26.7 Å². The van der Waals surface area contributed by atoms with E-state index in [1.807, 2.05) is 0 Å². The van der Waals surface area contributed by atoms with Crippen LogP contribution in [0.4, 0.5) is 0 Å². The largest absolute Gasteiger partial charge is 0.390 e. The van der Waals surface area contributed by atoms with Crippen molar-refractivity contribution in [1.29, 1.82) is 0 Å². The van der Waals surface area contributed by atoms with Gasteiger partial charge in [-0.15, -0.1) is 0 Å². The quantitative estimate of drug-likeness (QED) is 0.638. The number of nitrogens with two attached hydrogens (primary N) is 1. The van der Waals surface area contributed by atoms with Crippen LogP contribution in [0.5, 0.6) is 0 Å². The van der Waals surface area contributed by atoms with Gasteiger partial charge in [-0.1, -0.05) is 0 Å². The maximum Gasteiger partial charge on any atom is 0.0789 e. The van der Waals surface area contributed by atoms with E-state index in [9.17, 15) is 5.11 Å². The zero-order valence-corrected chi connectivity index (χ0v) is 8.03. The Labute approximate surface area is 74.5 Å². The molecule has 0 saturated carbocycles. The summed E-state index contributed by atoms with van der Waals surface area (Å²) in [6.07, 6.45) is 2.14. The van der Waals surface area contributed by atoms with Crippen molar-refractivity contribution in [3.8, 4) is 0 Å². The van der Waals surface area contributed by atoms with Crippen molar-refractivity contribution >= 4 is 0 Å². The lowest BCUT2D eigenvalue weighted by atomic mass is 10.2. The summed E-state index contributed by atoms with van der Waals surface area (Å²) in [6.45, 7) is 5.54. The van der Waals surface area contributed by atoms with Gasteiger partial charge in [0.15, 0.2) is 0 Å². The van der Waals surface area contributed by atoms with E-state index >= 15 is 0 Å². The summed E-state index contributed by atoms with van der Waals surface area (Å²) in [6, 6.07) is 1.22. The molecule has 3 unspecified atom stereocenters. The smallest absolute Gasteiger partial charge is 0.0789 e. The number of hydrogen-bond donors (Lipinski definition) is 2. The van der Waals surface area contributed by atoms with E-state index in [1.54, 1.807) is 0 Å². The lowest BCUT2D eigenvalue weighted by Gasteiger charge is -2.27. The van der Waals surface area contributed by atoms with Crippen LogP contribution in [-0.2, 0) is 0 Å². The van der Waals surface area contributed by atoms with Crippen LogP contribution in [0.15, 0.2) is 0 Å². The fourth-order valence-corrected chi connectivity index (χ4v) is 1.93. The normalized spacial score (nSPS) is 34.0. The first-order valence-electron chi connectivity index (χ1n) is 4.79. The van der Waals surface area contributed by atoms with Gasteiger partial charge >= 0.3 is 0 Å². The molecule has 0 aromatic heterocycles. The molecule has 0 aromatic carbocycles. The monoisotopic (exact) mass is 172 g/mol. The molecular weight excluding hydrogens is 152 g/mol. The predicted octanol–water partition coefficient (Wildman–Crippen LogP) is 0.179. The highest BCUT2D eigenvalue weighted by Gasteiger charge is 2.28. The molecule has 1 saturated heterocycles. The van der Waals surface area contributed by atoms with Crippen molar-refractivity contribution in [1.82, 2.24) is 4.90 Å². The molecule has 72 valence electrons. The summed E-state index contributed by atoms with van der Waals surface area (Å²) in [5, 5.41) is 9.39. The highest BCUT2D eigenvalue weighted by molar-refractivity contribution is 4.83.